The number of carbonyl (C=O) groups is 1. The summed E-state index contributed by atoms with van der Waals surface area (Å²) in [6.07, 6.45) is 0. The standard InChI is InChI=1S/C16H16N4O/c1-9-13(11(3)21)15(17)14-10(2)19-20(16(14)18-9)12-7-5-4-6-8-12/h4-8H,1-3H3,(H2,17,18). The average Bonchev–Trinajstić information content (AvgIpc) is 2.76. The molecule has 0 aliphatic rings. The third kappa shape index (κ3) is 1.98. The summed E-state index contributed by atoms with van der Waals surface area (Å²) in [5.74, 6) is -0.0775. The lowest BCUT2D eigenvalue weighted by Gasteiger charge is -2.08. The van der Waals surface area contributed by atoms with Crippen molar-refractivity contribution in [3.63, 3.8) is 0 Å². The highest BCUT2D eigenvalue weighted by atomic mass is 16.1. The van der Waals surface area contributed by atoms with Crippen LogP contribution < -0.4 is 5.73 Å². The van der Waals surface area contributed by atoms with Gasteiger partial charge in [-0.3, -0.25) is 4.79 Å². The second-order valence-corrected chi connectivity index (χ2v) is 5.07. The zero-order valence-corrected chi connectivity index (χ0v) is 12.2. The molecule has 0 aliphatic heterocycles. The van der Waals surface area contributed by atoms with Gasteiger partial charge >= 0.3 is 0 Å². The van der Waals surface area contributed by atoms with E-state index in [0.717, 1.165) is 16.8 Å². The summed E-state index contributed by atoms with van der Waals surface area (Å²) in [6.45, 7) is 5.17. The zero-order valence-electron chi connectivity index (χ0n) is 12.2. The van der Waals surface area contributed by atoms with Crippen molar-refractivity contribution in [1.29, 1.82) is 0 Å². The van der Waals surface area contributed by atoms with Gasteiger partial charge < -0.3 is 5.73 Å². The Morgan fingerprint density at radius 3 is 2.43 bits per heavy atom. The van der Waals surface area contributed by atoms with Crippen LogP contribution in [-0.2, 0) is 0 Å². The van der Waals surface area contributed by atoms with Gasteiger partial charge in [-0.1, -0.05) is 18.2 Å². The Morgan fingerprint density at radius 1 is 1.14 bits per heavy atom. The minimum Gasteiger partial charge on any atom is -0.397 e. The number of hydrogen-bond donors (Lipinski definition) is 1. The molecule has 0 unspecified atom stereocenters. The number of aryl methyl sites for hydroxylation is 2. The maximum atomic E-state index is 11.8. The van der Waals surface area contributed by atoms with E-state index in [1.807, 2.05) is 37.3 Å². The van der Waals surface area contributed by atoms with E-state index in [4.69, 9.17) is 5.73 Å². The van der Waals surface area contributed by atoms with Crippen molar-refractivity contribution in [2.45, 2.75) is 20.8 Å². The number of nitrogens with zero attached hydrogens (tertiary/aromatic N) is 3. The van der Waals surface area contributed by atoms with Crippen molar-refractivity contribution in [2.24, 2.45) is 0 Å². The predicted octanol–water partition coefficient (Wildman–Crippen LogP) is 2.82. The van der Waals surface area contributed by atoms with E-state index in [2.05, 4.69) is 10.1 Å². The summed E-state index contributed by atoms with van der Waals surface area (Å²) in [5, 5.41) is 5.27. The highest BCUT2D eigenvalue weighted by Gasteiger charge is 2.19. The molecule has 1 aromatic carbocycles. The summed E-state index contributed by atoms with van der Waals surface area (Å²) in [5.41, 5.74) is 10.1. The first kappa shape index (κ1) is 13.3. The van der Waals surface area contributed by atoms with Crippen LogP contribution in [0.1, 0.15) is 28.7 Å². The topological polar surface area (TPSA) is 73.8 Å². The number of anilines is 1. The van der Waals surface area contributed by atoms with E-state index >= 15 is 0 Å². The summed E-state index contributed by atoms with van der Waals surface area (Å²) < 4.78 is 1.76. The van der Waals surface area contributed by atoms with Gasteiger partial charge in [-0.05, 0) is 32.9 Å². The molecule has 5 heteroatoms. The SMILES string of the molecule is CC(=O)c1c(C)nc2c(c(C)nn2-c2ccccc2)c1N. The number of rotatable bonds is 2. The molecule has 106 valence electrons. The molecule has 0 saturated heterocycles. The molecule has 0 amide bonds. The maximum Gasteiger partial charge on any atom is 0.165 e. The number of Topliss-reactive ketones (excluding diaryl/α,β-unsaturated/α-hetero) is 1. The Hall–Kier alpha value is -2.69. The van der Waals surface area contributed by atoms with E-state index in [0.29, 0.717) is 22.6 Å². The Morgan fingerprint density at radius 2 is 1.81 bits per heavy atom. The normalized spacial score (nSPS) is 11.0. The summed E-state index contributed by atoms with van der Waals surface area (Å²) in [7, 11) is 0. The van der Waals surface area contributed by atoms with Gasteiger partial charge in [-0.25, -0.2) is 9.67 Å². The maximum absolute atomic E-state index is 11.8. The van der Waals surface area contributed by atoms with Crippen LogP contribution in [0.15, 0.2) is 30.3 Å². The number of carbonyl (C=O) groups excluding carboxylic acids is 1. The molecular weight excluding hydrogens is 264 g/mol. The van der Waals surface area contributed by atoms with Gasteiger partial charge in [-0.15, -0.1) is 0 Å². The van der Waals surface area contributed by atoms with Crippen molar-refractivity contribution in [3.8, 4) is 5.69 Å². The fraction of sp³-hybridized carbons (Fsp3) is 0.188. The molecule has 0 atom stereocenters. The molecule has 0 saturated carbocycles. The number of hydrogen-bond acceptors (Lipinski definition) is 4. The third-order valence-electron chi connectivity index (χ3n) is 3.56. The summed E-state index contributed by atoms with van der Waals surface area (Å²) in [4.78, 5) is 16.3. The molecule has 2 aromatic heterocycles. The van der Waals surface area contributed by atoms with Crippen LogP contribution in [-0.4, -0.2) is 20.5 Å². The summed E-state index contributed by atoms with van der Waals surface area (Å²) >= 11 is 0. The fourth-order valence-electron chi connectivity index (χ4n) is 2.66. The van der Waals surface area contributed by atoms with Crippen LogP contribution in [0, 0.1) is 13.8 Å². The van der Waals surface area contributed by atoms with Gasteiger partial charge in [0.2, 0.25) is 0 Å². The highest BCUT2D eigenvalue weighted by molar-refractivity contribution is 6.07. The first-order valence-electron chi connectivity index (χ1n) is 6.72. The Labute approximate surface area is 122 Å². The van der Waals surface area contributed by atoms with Crippen molar-refractivity contribution in [2.75, 3.05) is 5.73 Å². The highest BCUT2D eigenvalue weighted by Crippen LogP contribution is 2.30. The second-order valence-electron chi connectivity index (χ2n) is 5.07. The minimum atomic E-state index is -0.0775. The molecule has 21 heavy (non-hydrogen) atoms. The lowest BCUT2D eigenvalue weighted by Crippen LogP contribution is -2.07. The van der Waals surface area contributed by atoms with E-state index in [1.54, 1.807) is 11.6 Å². The molecular formula is C16H16N4O. The Kier molecular flexibility index (Phi) is 2.97. The van der Waals surface area contributed by atoms with Gasteiger partial charge in [0.25, 0.3) is 0 Å². The molecule has 0 aliphatic carbocycles. The Bertz CT molecular complexity index is 850. The largest absolute Gasteiger partial charge is 0.397 e. The lowest BCUT2D eigenvalue weighted by atomic mass is 10.1. The van der Waals surface area contributed by atoms with E-state index in [-0.39, 0.29) is 5.78 Å². The van der Waals surface area contributed by atoms with Crippen molar-refractivity contribution >= 4 is 22.5 Å². The van der Waals surface area contributed by atoms with Gasteiger partial charge in [0.05, 0.1) is 33.7 Å². The van der Waals surface area contributed by atoms with Crippen LogP contribution in [0.2, 0.25) is 0 Å². The fourth-order valence-corrected chi connectivity index (χ4v) is 2.66. The first-order valence-corrected chi connectivity index (χ1v) is 6.72. The number of para-hydroxylation sites is 1. The van der Waals surface area contributed by atoms with Gasteiger partial charge in [0.15, 0.2) is 11.4 Å². The van der Waals surface area contributed by atoms with E-state index < -0.39 is 0 Å². The van der Waals surface area contributed by atoms with Gasteiger partial charge in [0, 0.05) is 0 Å². The smallest absolute Gasteiger partial charge is 0.165 e. The van der Waals surface area contributed by atoms with Crippen molar-refractivity contribution < 1.29 is 4.79 Å². The second kappa shape index (κ2) is 4.70. The number of nitrogen functional groups attached to an aromatic ring is 1. The molecule has 0 bridgehead atoms. The number of ketones is 1. The third-order valence-corrected chi connectivity index (χ3v) is 3.56. The van der Waals surface area contributed by atoms with E-state index in [9.17, 15) is 4.79 Å². The molecule has 0 radical (unpaired) electrons. The quantitative estimate of drug-likeness (QED) is 0.732. The van der Waals surface area contributed by atoms with Crippen molar-refractivity contribution in [3.05, 3.63) is 47.3 Å². The average molecular weight is 280 g/mol. The molecule has 0 fully saturated rings. The lowest BCUT2D eigenvalue weighted by molar-refractivity contribution is 0.101. The van der Waals surface area contributed by atoms with Crippen LogP contribution in [0.4, 0.5) is 5.69 Å². The number of aromatic nitrogens is 3. The van der Waals surface area contributed by atoms with Crippen molar-refractivity contribution in [1.82, 2.24) is 14.8 Å². The zero-order chi connectivity index (χ0) is 15.1. The first-order chi connectivity index (χ1) is 10.0. The molecule has 2 heterocycles. The van der Waals surface area contributed by atoms with Gasteiger partial charge in [0.1, 0.15) is 0 Å². The van der Waals surface area contributed by atoms with Crippen LogP contribution in [0.25, 0.3) is 16.7 Å². The van der Waals surface area contributed by atoms with Crippen LogP contribution >= 0.6 is 0 Å². The summed E-state index contributed by atoms with van der Waals surface area (Å²) in [6, 6.07) is 9.75. The number of pyridine rings is 1. The molecule has 5 nitrogen and oxygen atoms in total. The molecule has 3 rings (SSSR count). The molecule has 2 N–H and O–H groups in total. The monoisotopic (exact) mass is 280 g/mol. The molecule has 0 spiro atoms. The van der Waals surface area contributed by atoms with Gasteiger partial charge in [-0.2, -0.15) is 5.10 Å². The van der Waals surface area contributed by atoms with Crippen LogP contribution in [0.3, 0.4) is 0 Å². The Balaban J connectivity index is 2.40. The molecule has 3 aromatic rings. The predicted molar refractivity (Wildman–Crippen MR) is 82.8 cm³/mol. The minimum absolute atomic E-state index is 0.0775. The number of fused-ring (bicyclic) bond motifs is 1. The van der Waals surface area contributed by atoms with E-state index in [1.165, 1.54) is 6.92 Å². The number of benzene rings is 1. The van der Waals surface area contributed by atoms with Crippen LogP contribution in [0.5, 0.6) is 0 Å². The number of nitrogens with two attached hydrogens (primary N) is 1.